The molecule has 1 aromatic heterocycles. The van der Waals surface area contributed by atoms with Gasteiger partial charge >= 0.3 is 0 Å². The van der Waals surface area contributed by atoms with E-state index in [1.54, 1.807) is 0 Å². The van der Waals surface area contributed by atoms with Gasteiger partial charge in [0.25, 0.3) is 5.56 Å². The summed E-state index contributed by atoms with van der Waals surface area (Å²) >= 11 is 5.69. The predicted molar refractivity (Wildman–Crippen MR) is 66.0 cm³/mol. The number of benzene rings is 1. The minimum absolute atomic E-state index is 0.0112. The summed E-state index contributed by atoms with van der Waals surface area (Å²) in [5.74, 6) is -0.109. The number of ether oxygens (including phenoxy) is 1. The molecular formula is C12H10ClFN2O2. The predicted octanol–water partition coefficient (Wildman–Crippen LogP) is 2.38. The van der Waals surface area contributed by atoms with Crippen molar-refractivity contribution in [3.05, 3.63) is 51.3 Å². The number of halogens is 2. The number of hydrogen-bond donors (Lipinski definition) is 1. The van der Waals surface area contributed by atoms with Crippen molar-refractivity contribution in [3.8, 4) is 11.3 Å². The minimum Gasteiger partial charge on any atom is -0.377 e. The fourth-order valence-electron chi connectivity index (χ4n) is 1.52. The normalized spacial score (nSPS) is 10.6. The topological polar surface area (TPSA) is 55.0 Å². The van der Waals surface area contributed by atoms with Crippen LogP contribution in [0.5, 0.6) is 0 Å². The molecule has 1 aromatic carbocycles. The van der Waals surface area contributed by atoms with Crippen LogP contribution in [-0.4, -0.2) is 17.1 Å². The highest BCUT2D eigenvalue weighted by atomic mass is 35.5. The molecule has 2 rings (SSSR count). The van der Waals surface area contributed by atoms with Crippen molar-refractivity contribution in [2.45, 2.75) is 6.61 Å². The minimum atomic E-state index is -0.512. The average Bonchev–Trinajstić information content (AvgIpc) is 2.32. The number of hydrogen-bond acceptors (Lipinski definition) is 3. The molecule has 1 heterocycles. The first kappa shape index (κ1) is 12.7. The Morgan fingerprint density at radius 3 is 2.89 bits per heavy atom. The zero-order chi connectivity index (χ0) is 13.1. The van der Waals surface area contributed by atoms with Crippen LogP contribution >= 0.6 is 11.6 Å². The van der Waals surface area contributed by atoms with Gasteiger partial charge in [0.1, 0.15) is 18.2 Å². The van der Waals surface area contributed by atoms with E-state index in [1.165, 1.54) is 31.4 Å². The molecule has 0 aliphatic heterocycles. The largest absolute Gasteiger partial charge is 0.377 e. The Labute approximate surface area is 107 Å². The van der Waals surface area contributed by atoms with Gasteiger partial charge < -0.3 is 9.72 Å². The number of nitrogens with zero attached hydrogens (tertiary/aromatic N) is 1. The van der Waals surface area contributed by atoms with Crippen LogP contribution in [0.25, 0.3) is 11.3 Å². The zero-order valence-electron chi connectivity index (χ0n) is 9.54. The Bertz CT molecular complexity index is 628. The summed E-state index contributed by atoms with van der Waals surface area (Å²) in [6.07, 6.45) is 0. The van der Waals surface area contributed by atoms with E-state index in [4.69, 9.17) is 16.3 Å². The number of rotatable bonds is 3. The number of aromatic nitrogens is 2. The smallest absolute Gasteiger partial charge is 0.251 e. The zero-order valence-corrected chi connectivity index (χ0v) is 10.3. The molecule has 0 amide bonds. The first-order chi connectivity index (χ1) is 8.60. The molecule has 18 heavy (non-hydrogen) atoms. The maximum absolute atomic E-state index is 13.1. The number of nitrogens with one attached hydrogen (secondary N) is 1. The Morgan fingerprint density at radius 1 is 1.44 bits per heavy atom. The molecule has 0 bridgehead atoms. The highest BCUT2D eigenvalue weighted by Gasteiger charge is 2.07. The van der Waals surface area contributed by atoms with Gasteiger partial charge in [-0.15, -0.1) is 0 Å². The summed E-state index contributed by atoms with van der Waals surface area (Å²) in [6.45, 7) is 0.192. The third kappa shape index (κ3) is 2.75. The summed E-state index contributed by atoms with van der Waals surface area (Å²) in [5, 5.41) is -0.0112. The van der Waals surface area contributed by atoms with E-state index in [0.717, 1.165) is 0 Å². The molecule has 4 nitrogen and oxygen atoms in total. The van der Waals surface area contributed by atoms with Gasteiger partial charge in [-0.3, -0.25) is 4.79 Å². The molecule has 0 atom stereocenters. The van der Waals surface area contributed by atoms with E-state index >= 15 is 0 Å². The van der Waals surface area contributed by atoms with Crippen LogP contribution in [0.3, 0.4) is 0 Å². The second kappa shape index (κ2) is 5.29. The van der Waals surface area contributed by atoms with Crippen molar-refractivity contribution in [2.75, 3.05) is 7.11 Å². The highest BCUT2D eigenvalue weighted by molar-refractivity contribution is 6.31. The van der Waals surface area contributed by atoms with Crippen LogP contribution in [0, 0.1) is 5.82 Å². The van der Waals surface area contributed by atoms with E-state index in [2.05, 4.69) is 9.97 Å². The van der Waals surface area contributed by atoms with Gasteiger partial charge in [-0.25, -0.2) is 9.37 Å². The first-order valence-electron chi connectivity index (χ1n) is 5.15. The van der Waals surface area contributed by atoms with Gasteiger partial charge in [0.2, 0.25) is 0 Å². The fraction of sp³-hybridized carbons (Fsp3) is 0.167. The van der Waals surface area contributed by atoms with Crippen molar-refractivity contribution < 1.29 is 9.13 Å². The maximum Gasteiger partial charge on any atom is 0.251 e. The fourth-order valence-corrected chi connectivity index (χ4v) is 1.70. The summed E-state index contributed by atoms with van der Waals surface area (Å²) in [6, 6.07) is 5.49. The maximum atomic E-state index is 13.1. The van der Waals surface area contributed by atoms with E-state index in [-0.39, 0.29) is 17.2 Å². The second-order valence-corrected chi connectivity index (χ2v) is 4.05. The Hall–Kier alpha value is -1.72. The molecule has 0 aliphatic rings. The molecule has 6 heteroatoms. The van der Waals surface area contributed by atoms with Crippen LogP contribution in [-0.2, 0) is 11.3 Å². The molecular weight excluding hydrogens is 259 g/mol. The van der Waals surface area contributed by atoms with Crippen molar-refractivity contribution >= 4 is 11.6 Å². The van der Waals surface area contributed by atoms with Crippen LogP contribution < -0.4 is 5.56 Å². The standard InChI is InChI=1S/C12H10ClFN2O2/c1-18-6-11-15-10(5-12(17)16-11)7-2-3-9(14)8(13)4-7/h2-5H,6H2,1H3,(H,15,16,17). The van der Waals surface area contributed by atoms with Gasteiger partial charge in [0.05, 0.1) is 10.7 Å². The molecule has 0 saturated heterocycles. The molecule has 2 aromatic rings. The van der Waals surface area contributed by atoms with E-state index in [0.29, 0.717) is 17.1 Å². The Morgan fingerprint density at radius 2 is 2.22 bits per heavy atom. The van der Waals surface area contributed by atoms with Crippen molar-refractivity contribution in [1.29, 1.82) is 0 Å². The quantitative estimate of drug-likeness (QED) is 0.930. The van der Waals surface area contributed by atoms with E-state index in [1.807, 2.05) is 0 Å². The summed E-state index contributed by atoms with van der Waals surface area (Å²) < 4.78 is 18.0. The van der Waals surface area contributed by atoms with Crippen LogP contribution in [0.4, 0.5) is 4.39 Å². The van der Waals surface area contributed by atoms with Gasteiger partial charge in [0.15, 0.2) is 0 Å². The Kier molecular flexibility index (Phi) is 3.74. The molecule has 0 unspecified atom stereocenters. The summed E-state index contributed by atoms with van der Waals surface area (Å²) in [7, 11) is 1.50. The highest BCUT2D eigenvalue weighted by Crippen LogP contribution is 2.22. The molecule has 0 spiro atoms. The van der Waals surface area contributed by atoms with E-state index in [9.17, 15) is 9.18 Å². The molecule has 0 radical (unpaired) electrons. The monoisotopic (exact) mass is 268 g/mol. The van der Waals surface area contributed by atoms with Gasteiger partial charge in [-0.05, 0) is 18.2 Å². The molecule has 1 N–H and O–H groups in total. The summed E-state index contributed by atoms with van der Waals surface area (Å²) in [4.78, 5) is 18.2. The lowest BCUT2D eigenvalue weighted by atomic mass is 10.1. The second-order valence-electron chi connectivity index (χ2n) is 3.64. The van der Waals surface area contributed by atoms with Crippen LogP contribution in [0.2, 0.25) is 5.02 Å². The summed E-state index contributed by atoms with van der Waals surface area (Å²) in [5.41, 5.74) is 0.699. The number of aromatic amines is 1. The van der Waals surface area contributed by atoms with Gasteiger partial charge in [-0.1, -0.05) is 11.6 Å². The third-order valence-electron chi connectivity index (χ3n) is 2.29. The molecule has 0 aliphatic carbocycles. The Balaban J connectivity index is 2.49. The van der Waals surface area contributed by atoms with Crippen molar-refractivity contribution in [1.82, 2.24) is 9.97 Å². The lowest BCUT2D eigenvalue weighted by Gasteiger charge is -2.04. The molecule has 94 valence electrons. The number of methoxy groups -OCH3 is 1. The first-order valence-corrected chi connectivity index (χ1v) is 5.52. The molecule has 0 fully saturated rings. The van der Waals surface area contributed by atoms with Crippen molar-refractivity contribution in [2.24, 2.45) is 0 Å². The molecule has 0 saturated carbocycles. The van der Waals surface area contributed by atoms with Gasteiger partial charge in [-0.2, -0.15) is 0 Å². The van der Waals surface area contributed by atoms with Crippen LogP contribution in [0.15, 0.2) is 29.1 Å². The van der Waals surface area contributed by atoms with E-state index < -0.39 is 5.82 Å². The number of H-pyrrole nitrogens is 1. The lowest BCUT2D eigenvalue weighted by molar-refractivity contribution is 0.177. The van der Waals surface area contributed by atoms with Gasteiger partial charge in [0, 0.05) is 18.7 Å². The van der Waals surface area contributed by atoms with Crippen LogP contribution in [0.1, 0.15) is 5.82 Å². The average molecular weight is 269 g/mol. The van der Waals surface area contributed by atoms with Crippen molar-refractivity contribution in [3.63, 3.8) is 0 Å². The third-order valence-corrected chi connectivity index (χ3v) is 2.58. The lowest BCUT2D eigenvalue weighted by Crippen LogP contribution is -2.11. The SMILES string of the molecule is COCc1nc(-c2ccc(F)c(Cl)c2)cc(=O)[nH]1.